The molecule has 1 aromatic carbocycles. The van der Waals surface area contributed by atoms with Crippen molar-refractivity contribution in [2.24, 2.45) is 11.3 Å². The van der Waals surface area contributed by atoms with E-state index in [1.54, 1.807) is 25.1 Å². The Morgan fingerprint density at radius 1 is 1.20 bits per heavy atom. The van der Waals surface area contributed by atoms with Crippen molar-refractivity contribution in [1.29, 1.82) is 0 Å². The van der Waals surface area contributed by atoms with E-state index in [1.165, 1.54) is 0 Å². The SMILES string of the molecule is CNC(=O)[C@@]12C[C@@H]1[C@@H](n1cnc3c4nc(nc31)OCC/C=C/CCOc1cc(ccc1OC)CCN4)[C@H](O)[C@@H]2O. The number of fused-ring (bicyclic) bond motifs is 7. The molecule has 2 fully saturated rings. The van der Waals surface area contributed by atoms with E-state index in [-0.39, 0.29) is 17.8 Å². The van der Waals surface area contributed by atoms with Crippen LogP contribution in [0.25, 0.3) is 11.2 Å². The van der Waals surface area contributed by atoms with Gasteiger partial charge in [-0.2, -0.15) is 9.97 Å². The number of anilines is 1. The number of methoxy groups -OCH3 is 1. The lowest BCUT2D eigenvalue weighted by Crippen LogP contribution is -2.41. The highest BCUT2D eigenvalue weighted by Crippen LogP contribution is 2.67. The van der Waals surface area contributed by atoms with Crippen molar-refractivity contribution in [3.8, 4) is 17.5 Å². The monoisotopic (exact) mass is 550 g/mol. The number of aliphatic hydroxyl groups excluding tert-OH is 2. The Morgan fingerprint density at radius 3 is 2.77 bits per heavy atom. The van der Waals surface area contributed by atoms with E-state index < -0.39 is 23.7 Å². The summed E-state index contributed by atoms with van der Waals surface area (Å²) in [5.41, 5.74) is 1.05. The number of rotatable bonds is 3. The fraction of sp³-hybridized carbons (Fsp3) is 0.500. The highest BCUT2D eigenvalue weighted by Gasteiger charge is 2.75. The normalized spacial score (nSPS) is 28.8. The summed E-state index contributed by atoms with van der Waals surface area (Å²) in [4.78, 5) is 26.4. The molecule has 0 saturated heterocycles. The molecule has 12 heteroatoms. The number of hydrogen-bond acceptors (Lipinski definition) is 10. The molecule has 2 aliphatic carbocycles. The number of imidazole rings is 1. The average Bonchev–Trinajstić information content (AvgIpc) is 3.50. The van der Waals surface area contributed by atoms with Gasteiger partial charge in [-0.15, -0.1) is 0 Å². The number of benzene rings is 1. The van der Waals surface area contributed by atoms with E-state index in [0.717, 1.165) is 12.0 Å². The summed E-state index contributed by atoms with van der Waals surface area (Å²) >= 11 is 0. The molecule has 3 aliphatic rings. The largest absolute Gasteiger partial charge is 0.493 e. The minimum atomic E-state index is -1.18. The number of nitrogens with zero attached hydrogens (tertiary/aromatic N) is 4. The van der Waals surface area contributed by atoms with Gasteiger partial charge < -0.3 is 39.6 Å². The minimum absolute atomic E-state index is 0.186. The zero-order chi connectivity index (χ0) is 27.9. The molecule has 0 unspecified atom stereocenters. The summed E-state index contributed by atoms with van der Waals surface area (Å²) in [5.74, 6) is 1.40. The fourth-order valence-electron chi connectivity index (χ4n) is 6.09. The van der Waals surface area contributed by atoms with Gasteiger partial charge in [0.1, 0.15) is 6.10 Å². The van der Waals surface area contributed by atoms with Gasteiger partial charge in [-0.3, -0.25) is 4.79 Å². The van der Waals surface area contributed by atoms with E-state index >= 15 is 0 Å². The van der Waals surface area contributed by atoms with Crippen molar-refractivity contribution in [3.05, 3.63) is 42.2 Å². The maximum absolute atomic E-state index is 12.6. The molecule has 12 nitrogen and oxygen atoms in total. The molecule has 40 heavy (non-hydrogen) atoms. The summed E-state index contributed by atoms with van der Waals surface area (Å²) in [6, 6.07) is 5.52. The summed E-state index contributed by atoms with van der Waals surface area (Å²) < 4.78 is 19.1. The van der Waals surface area contributed by atoms with Crippen LogP contribution in [0.15, 0.2) is 36.7 Å². The molecule has 212 valence electrons. The van der Waals surface area contributed by atoms with Crippen LogP contribution in [0.5, 0.6) is 17.5 Å². The summed E-state index contributed by atoms with van der Waals surface area (Å²) in [6.45, 7) is 1.46. The zero-order valence-corrected chi connectivity index (χ0v) is 22.5. The highest BCUT2D eigenvalue weighted by atomic mass is 16.5. The number of aliphatic hydroxyl groups is 2. The number of carbonyl (C=O) groups excluding carboxylic acids is 1. The molecule has 4 bridgehead atoms. The Kier molecular flexibility index (Phi) is 6.97. The van der Waals surface area contributed by atoms with Gasteiger partial charge in [-0.1, -0.05) is 18.2 Å². The van der Waals surface area contributed by atoms with Gasteiger partial charge in [0.25, 0.3) is 0 Å². The average molecular weight is 551 g/mol. The molecule has 1 aliphatic heterocycles. The number of ether oxygens (including phenoxy) is 3. The molecule has 0 spiro atoms. The van der Waals surface area contributed by atoms with Gasteiger partial charge in [-0.25, -0.2) is 4.98 Å². The van der Waals surface area contributed by atoms with E-state index in [1.807, 2.05) is 30.4 Å². The lowest BCUT2D eigenvalue weighted by atomic mass is 9.98. The first-order valence-electron chi connectivity index (χ1n) is 13.6. The fourth-order valence-corrected chi connectivity index (χ4v) is 6.09. The third kappa shape index (κ3) is 4.40. The second-order valence-electron chi connectivity index (χ2n) is 10.4. The Hall–Kier alpha value is -3.90. The van der Waals surface area contributed by atoms with Crippen LogP contribution >= 0.6 is 0 Å². The number of nitrogens with one attached hydrogen (secondary N) is 2. The maximum atomic E-state index is 12.6. The van der Waals surface area contributed by atoms with Gasteiger partial charge in [0.2, 0.25) is 5.91 Å². The maximum Gasteiger partial charge on any atom is 0.320 e. The standard InChI is InChI=1S/C28H34N6O6/c1-29-26(37)28-14-17(28)21(22(35)23(28)36)34-15-31-20-24-30-10-9-16-7-8-18(38-2)19(13-16)39-11-5-3-4-6-12-40-27(32-24)33-25(20)34/h3-4,7-8,13,15,17,21-23,35-36H,5-6,9-12,14H2,1-2H3,(H,29,37)(H,30,32,33)/b4-3+/t17-,21-,22+,23+,28+/m1/s1. The van der Waals surface area contributed by atoms with Crippen LogP contribution in [0.1, 0.15) is 30.9 Å². The zero-order valence-electron chi connectivity index (χ0n) is 22.5. The summed E-state index contributed by atoms with van der Waals surface area (Å²) in [6.07, 6.45) is 5.92. The third-order valence-corrected chi connectivity index (χ3v) is 8.20. The van der Waals surface area contributed by atoms with Crippen LogP contribution in [0, 0.1) is 11.3 Å². The van der Waals surface area contributed by atoms with Gasteiger partial charge in [-0.05, 0) is 43.4 Å². The second kappa shape index (κ2) is 10.6. The van der Waals surface area contributed by atoms with Gasteiger partial charge >= 0.3 is 6.01 Å². The molecule has 1 amide bonds. The molecule has 4 N–H and O–H groups in total. The first kappa shape index (κ1) is 26.3. The highest BCUT2D eigenvalue weighted by molar-refractivity contribution is 5.88. The van der Waals surface area contributed by atoms with E-state index in [9.17, 15) is 15.0 Å². The molecule has 5 atom stereocenters. The van der Waals surface area contributed by atoms with E-state index in [0.29, 0.717) is 67.5 Å². The molecule has 3 aromatic rings. The van der Waals surface area contributed by atoms with Crippen LogP contribution in [0.2, 0.25) is 0 Å². The summed E-state index contributed by atoms with van der Waals surface area (Å²) in [5, 5.41) is 27.8. The van der Waals surface area contributed by atoms with E-state index in [2.05, 4.69) is 25.6 Å². The molecule has 6 rings (SSSR count). The van der Waals surface area contributed by atoms with Crippen LogP contribution in [0.3, 0.4) is 0 Å². The Labute approximate surface area is 231 Å². The van der Waals surface area contributed by atoms with Gasteiger partial charge in [0.15, 0.2) is 28.5 Å². The summed E-state index contributed by atoms with van der Waals surface area (Å²) in [7, 11) is 3.17. The number of hydrogen-bond donors (Lipinski definition) is 4. The molecule has 2 saturated carbocycles. The Bertz CT molecular complexity index is 1440. The van der Waals surface area contributed by atoms with Gasteiger partial charge in [0, 0.05) is 19.5 Å². The van der Waals surface area contributed by atoms with Crippen molar-refractivity contribution < 1.29 is 29.2 Å². The van der Waals surface area contributed by atoms with Gasteiger partial charge in [0.05, 0.1) is 44.2 Å². The van der Waals surface area contributed by atoms with Crippen LogP contribution in [0.4, 0.5) is 5.82 Å². The lowest BCUT2D eigenvalue weighted by molar-refractivity contribution is -0.132. The van der Waals surface area contributed by atoms with Crippen LogP contribution in [-0.4, -0.2) is 81.8 Å². The number of aromatic nitrogens is 4. The van der Waals surface area contributed by atoms with Crippen LogP contribution in [-0.2, 0) is 11.2 Å². The van der Waals surface area contributed by atoms with Crippen molar-refractivity contribution in [1.82, 2.24) is 24.8 Å². The quantitative estimate of drug-likeness (QED) is 0.354. The van der Waals surface area contributed by atoms with Crippen molar-refractivity contribution in [2.45, 2.75) is 43.9 Å². The minimum Gasteiger partial charge on any atom is -0.493 e. The van der Waals surface area contributed by atoms with Crippen molar-refractivity contribution in [2.75, 3.05) is 39.2 Å². The van der Waals surface area contributed by atoms with E-state index in [4.69, 9.17) is 14.2 Å². The molecule has 0 radical (unpaired) electrons. The first-order chi connectivity index (χ1) is 19.5. The number of amides is 1. The smallest absolute Gasteiger partial charge is 0.320 e. The molecular weight excluding hydrogens is 516 g/mol. The number of carbonyl (C=O) groups is 1. The molecular formula is C28H34N6O6. The predicted molar refractivity (Wildman–Crippen MR) is 146 cm³/mol. The molecule has 2 aromatic heterocycles. The third-order valence-electron chi connectivity index (χ3n) is 8.20. The predicted octanol–water partition coefficient (Wildman–Crippen LogP) is 1.63. The van der Waals surface area contributed by atoms with Crippen molar-refractivity contribution in [3.63, 3.8) is 0 Å². The Balaban J connectivity index is 1.33. The topological polar surface area (TPSA) is 153 Å². The molecule has 3 heterocycles. The van der Waals surface area contributed by atoms with Crippen LogP contribution < -0.4 is 24.8 Å². The van der Waals surface area contributed by atoms with Crippen molar-refractivity contribution >= 4 is 22.9 Å². The first-order valence-corrected chi connectivity index (χ1v) is 13.6. The second-order valence-corrected chi connectivity index (χ2v) is 10.4. The Morgan fingerprint density at radius 2 is 2.00 bits per heavy atom. The lowest BCUT2D eigenvalue weighted by Gasteiger charge is -2.23.